The third kappa shape index (κ3) is 5.74. The maximum atomic E-state index is 6.17. The quantitative estimate of drug-likeness (QED) is 0.487. The molecule has 1 aromatic rings. The first-order chi connectivity index (χ1) is 11.2. The van der Waals surface area contributed by atoms with E-state index in [2.05, 4.69) is 72.1 Å². The molecule has 0 atom stereocenters. The maximum Gasteiger partial charge on any atom is 0.186 e. The second-order valence-corrected chi connectivity index (χ2v) is 7.25. The van der Waals surface area contributed by atoms with Crippen molar-refractivity contribution >= 4 is 18.3 Å². The van der Waals surface area contributed by atoms with Gasteiger partial charge >= 0.3 is 0 Å². The molecule has 0 aliphatic rings. The second kappa shape index (κ2) is 8.96. The van der Waals surface area contributed by atoms with E-state index in [-0.39, 0.29) is 5.41 Å². The normalized spacial score (nSPS) is 12.0. The van der Waals surface area contributed by atoms with Crippen LogP contribution in [-0.4, -0.2) is 13.9 Å². The van der Waals surface area contributed by atoms with Gasteiger partial charge in [0.1, 0.15) is 5.75 Å². The minimum atomic E-state index is 0.220. The lowest BCUT2D eigenvalue weighted by molar-refractivity contribution is 0.152. The van der Waals surface area contributed by atoms with Crippen molar-refractivity contribution in [2.75, 3.05) is 6.61 Å². The standard InChI is InChI=1S/C22H33BO/c1-9-17(6)23-18(7)20-12-19(16(4)5)13-21(14-20)24-15-22(8,10-2)11-3/h9,12-14,23H,4,7,10-11,15H2,1-3,5-6,8H3/b17-9-. The van der Waals surface area contributed by atoms with Gasteiger partial charge in [-0.3, -0.25) is 0 Å². The van der Waals surface area contributed by atoms with Gasteiger partial charge in [-0.1, -0.05) is 51.4 Å². The minimum absolute atomic E-state index is 0.220. The minimum Gasteiger partial charge on any atom is -0.493 e. The molecule has 0 saturated heterocycles. The smallest absolute Gasteiger partial charge is 0.186 e. The van der Waals surface area contributed by atoms with Crippen LogP contribution >= 0.6 is 0 Å². The molecular weight excluding hydrogens is 291 g/mol. The monoisotopic (exact) mass is 324 g/mol. The summed E-state index contributed by atoms with van der Waals surface area (Å²) in [5.41, 5.74) is 5.97. The summed E-state index contributed by atoms with van der Waals surface area (Å²) in [5, 5.41) is 0. The van der Waals surface area contributed by atoms with Gasteiger partial charge in [0.25, 0.3) is 0 Å². The number of benzene rings is 1. The predicted octanol–water partition coefficient (Wildman–Crippen LogP) is 6.26. The molecule has 0 amide bonds. The number of allylic oxidation sites excluding steroid dienone is 3. The van der Waals surface area contributed by atoms with E-state index >= 15 is 0 Å². The molecule has 0 heterocycles. The average molecular weight is 324 g/mol. The molecule has 1 aromatic carbocycles. The van der Waals surface area contributed by atoms with E-state index < -0.39 is 0 Å². The Morgan fingerprint density at radius 1 is 1.12 bits per heavy atom. The largest absolute Gasteiger partial charge is 0.493 e. The van der Waals surface area contributed by atoms with Crippen LogP contribution in [-0.2, 0) is 0 Å². The van der Waals surface area contributed by atoms with Crippen LogP contribution in [0.2, 0.25) is 0 Å². The van der Waals surface area contributed by atoms with Crippen molar-refractivity contribution in [2.24, 2.45) is 5.41 Å². The van der Waals surface area contributed by atoms with Gasteiger partial charge in [0.05, 0.1) is 6.61 Å². The first-order valence-corrected chi connectivity index (χ1v) is 8.98. The highest BCUT2D eigenvalue weighted by atomic mass is 16.5. The summed E-state index contributed by atoms with van der Waals surface area (Å²) in [6, 6.07) is 6.37. The zero-order valence-electron chi connectivity index (χ0n) is 16.5. The van der Waals surface area contributed by atoms with Gasteiger partial charge in [-0.15, -0.1) is 12.1 Å². The van der Waals surface area contributed by atoms with E-state index in [0.29, 0.717) is 0 Å². The van der Waals surface area contributed by atoms with Crippen LogP contribution in [0.25, 0.3) is 11.0 Å². The van der Waals surface area contributed by atoms with E-state index in [0.717, 1.165) is 54.7 Å². The summed E-state index contributed by atoms with van der Waals surface area (Å²) >= 11 is 0. The molecular formula is C22H33BO. The Bertz CT molecular complexity index is 621. The summed E-state index contributed by atoms with van der Waals surface area (Å²) in [6.45, 7) is 22.1. The average Bonchev–Trinajstić information content (AvgIpc) is 2.59. The molecule has 0 unspecified atom stereocenters. The lowest BCUT2D eigenvalue weighted by Crippen LogP contribution is -2.23. The van der Waals surface area contributed by atoms with Crippen molar-refractivity contribution in [1.82, 2.24) is 0 Å². The highest BCUT2D eigenvalue weighted by Crippen LogP contribution is 2.30. The first-order valence-electron chi connectivity index (χ1n) is 8.98. The van der Waals surface area contributed by atoms with E-state index in [1.165, 1.54) is 5.47 Å². The topological polar surface area (TPSA) is 9.23 Å². The Kier molecular flexibility index (Phi) is 7.60. The maximum absolute atomic E-state index is 6.17. The number of hydrogen-bond donors (Lipinski definition) is 0. The lowest BCUT2D eigenvalue weighted by Gasteiger charge is -2.27. The van der Waals surface area contributed by atoms with Crippen LogP contribution < -0.4 is 4.74 Å². The zero-order valence-corrected chi connectivity index (χ0v) is 16.5. The van der Waals surface area contributed by atoms with Crippen LogP contribution in [0.1, 0.15) is 65.5 Å². The van der Waals surface area contributed by atoms with Crippen molar-refractivity contribution in [3.05, 3.63) is 54.0 Å². The van der Waals surface area contributed by atoms with Crippen molar-refractivity contribution in [3.63, 3.8) is 0 Å². The van der Waals surface area contributed by atoms with Gasteiger partial charge in [0.15, 0.2) is 7.28 Å². The summed E-state index contributed by atoms with van der Waals surface area (Å²) in [6.07, 6.45) is 4.37. The van der Waals surface area contributed by atoms with Crippen molar-refractivity contribution in [1.29, 1.82) is 0 Å². The molecule has 0 fully saturated rings. The fourth-order valence-corrected chi connectivity index (χ4v) is 2.39. The summed E-state index contributed by atoms with van der Waals surface area (Å²) in [7, 11) is 0.886. The second-order valence-electron chi connectivity index (χ2n) is 7.25. The SMILES string of the molecule is C=C(C)c1cc(OCC(C)(CC)CC)cc(C(=C)B/C(C)=C\C)c1. The molecule has 1 rings (SSSR count). The van der Waals surface area contributed by atoms with Gasteiger partial charge < -0.3 is 4.74 Å². The van der Waals surface area contributed by atoms with E-state index in [4.69, 9.17) is 4.74 Å². The van der Waals surface area contributed by atoms with Gasteiger partial charge in [0.2, 0.25) is 0 Å². The molecule has 0 spiro atoms. The molecule has 0 saturated carbocycles. The Morgan fingerprint density at radius 3 is 2.21 bits per heavy atom. The summed E-state index contributed by atoms with van der Waals surface area (Å²) < 4.78 is 6.17. The highest BCUT2D eigenvalue weighted by Gasteiger charge is 2.20. The fourth-order valence-electron chi connectivity index (χ4n) is 2.39. The molecule has 2 heteroatoms. The molecule has 0 aromatic heterocycles. The third-order valence-corrected chi connectivity index (χ3v) is 5.09. The van der Waals surface area contributed by atoms with Crippen LogP contribution in [0.15, 0.2) is 42.9 Å². The molecule has 0 bridgehead atoms. The van der Waals surface area contributed by atoms with Crippen molar-refractivity contribution < 1.29 is 4.74 Å². The zero-order chi connectivity index (χ0) is 18.3. The summed E-state index contributed by atoms with van der Waals surface area (Å²) in [4.78, 5) is 0. The molecule has 24 heavy (non-hydrogen) atoms. The summed E-state index contributed by atoms with van der Waals surface area (Å²) in [5.74, 6) is 0.915. The molecule has 0 aliphatic heterocycles. The number of hydrogen-bond acceptors (Lipinski definition) is 1. The van der Waals surface area contributed by atoms with Gasteiger partial charge in [-0.2, -0.15) is 0 Å². The van der Waals surface area contributed by atoms with Gasteiger partial charge in [-0.25, -0.2) is 0 Å². The van der Waals surface area contributed by atoms with Gasteiger partial charge in [0, 0.05) is 5.41 Å². The molecule has 130 valence electrons. The van der Waals surface area contributed by atoms with Gasteiger partial charge in [-0.05, 0) is 56.0 Å². The first kappa shape index (κ1) is 20.3. The van der Waals surface area contributed by atoms with Crippen LogP contribution in [0.4, 0.5) is 0 Å². The van der Waals surface area contributed by atoms with Crippen LogP contribution in [0, 0.1) is 5.41 Å². The highest BCUT2D eigenvalue weighted by molar-refractivity contribution is 6.67. The molecule has 1 nitrogen and oxygen atoms in total. The Balaban J connectivity index is 3.08. The Labute approximate surface area is 149 Å². The molecule has 0 aliphatic carbocycles. The predicted molar refractivity (Wildman–Crippen MR) is 111 cm³/mol. The third-order valence-electron chi connectivity index (χ3n) is 5.09. The number of rotatable bonds is 9. The molecule has 0 N–H and O–H groups in total. The fraction of sp³-hybridized carbons (Fsp3) is 0.455. The Morgan fingerprint density at radius 2 is 1.71 bits per heavy atom. The van der Waals surface area contributed by atoms with E-state index in [9.17, 15) is 0 Å². The van der Waals surface area contributed by atoms with Crippen LogP contribution in [0.3, 0.4) is 0 Å². The molecule has 0 radical (unpaired) electrons. The number of ether oxygens (including phenoxy) is 1. The Hall–Kier alpha value is -1.70. The van der Waals surface area contributed by atoms with Crippen molar-refractivity contribution in [2.45, 2.75) is 54.4 Å². The van der Waals surface area contributed by atoms with E-state index in [1.54, 1.807) is 0 Å². The lowest BCUT2D eigenvalue weighted by atomic mass is 9.61. The van der Waals surface area contributed by atoms with Crippen molar-refractivity contribution in [3.8, 4) is 5.75 Å². The van der Waals surface area contributed by atoms with Crippen LogP contribution in [0.5, 0.6) is 5.75 Å². The van der Waals surface area contributed by atoms with E-state index in [1.807, 2.05) is 6.92 Å².